The van der Waals surface area contributed by atoms with Crippen LogP contribution >= 0.6 is 0 Å². The zero-order valence-corrected chi connectivity index (χ0v) is 12.2. The number of carbonyl (C=O) groups excluding carboxylic acids is 2. The first-order valence-corrected chi connectivity index (χ1v) is 7.44. The second-order valence-electron chi connectivity index (χ2n) is 5.91. The molecule has 5 heteroatoms. The van der Waals surface area contributed by atoms with Crippen LogP contribution in [0.4, 0.5) is 10.1 Å². The molecule has 2 aromatic rings. The molecular formula is C18H14FNO3. The number of halogens is 1. The Hall–Kier alpha value is -2.53. The standard InChI is InChI=1S/C18H14FNO3/c19-12-6-7-15-14(8-12)18(17(22)20-15)10-13(21)9-16(23-18)11-4-2-1-3-5-11/h1-8,16H,9-10H2,(H,20,22)/t16-,18+/m1/s1. The van der Waals surface area contributed by atoms with Crippen LogP contribution in [0.5, 0.6) is 0 Å². The van der Waals surface area contributed by atoms with E-state index >= 15 is 0 Å². The predicted octanol–water partition coefficient (Wildman–Crippen LogP) is 3.09. The van der Waals surface area contributed by atoms with Crippen molar-refractivity contribution in [2.75, 3.05) is 5.32 Å². The molecule has 2 aliphatic rings. The highest BCUT2D eigenvalue weighted by molar-refractivity contribution is 6.07. The summed E-state index contributed by atoms with van der Waals surface area (Å²) in [6, 6.07) is 13.3. The lowest BCUT2D eigenvalue weighted by molar-refractivity contribution is -0.170. The van der Waals surface area contributed by atoms with Crippen molar-refractivity contribution in [3.63, 3.8) is 0 Å². The number of ether oxygens (including phenoxy) is 1. The summed E-state index contributed by atoms with van der Waals surface area (Å²) in [6.45, 7) is 0. The lowest BCUT2D eigenvalue weighted by atomic mass is 9.84. The van der Waals surface area contributed by atoms with Gasteiger partial charge in [-0.2, -0.15) is 0 Å². The number of carbonyl (C=O) groups is 2. The molecule has 0 aliphatic carbocycles. The first-order chi connectivity index (χ1) is 11.1. The minimum atomic E-state index is -1.44. The molecule has 2 aliphatic heterocycles. The Kier molecular flexibility index (Phi) is 3.06. The quantitative estimate of drug-likeness (QED) is 0.880. The molecule has 4 nitrogen and oxygen atoms in total. The molecule has 0 radical (unpaired) electrons. The third-order valence-corrected chi connectivity index (χ3v) is 4.41. The van der Waals surface area contributed by atoms with Crippen LogP contribution in [0.3, 0.4) is 0 Å². The van der Waals surface area contributed by atoms with Crippen molar-refractivity contribution in [1.82, 2.24) is 0 Å². The van der Waals surface area contributed by atoms with E-state index in [1.165, 1.54) is 18.2 Å². The molecule has 0 saturated carbocycles. The highest BCUT2D eigenvalue weighted by Crippen LogP contribution is 2.48. The largest absolute Gasteiger partial charge is 0.351 e. The Morgan fingerprint density at radius 3 is 2.70 bits per heavy atom. The molecular weight excluding hydrogens is 297 g/mol. The molecule has 1 saturated heterocycles. The molecule has 1 amide bonds. The number of hydrogen-bond acceptors (Lipinski definition) is 3. The number of rotatable bonds is 1. The summed E-state index contributed by atoms with van der Waals surface area (Å²) in [5, 5.41) is 2.69. The van der Waals surface area contributed by atoms with E-state index in [1.54, 1.807) is 0 Å². The number of hydrogen-bond donors (Lipinski definition) is 1. The normalized spacial score (nSPS) is 26.2. The van der Waals surface area contributed by atoms with Gasteiger partial charge in [0, 0.05) is 24.1 Å². The van der Waals surface area contributed by atoms with Crippen LogP contribution in [0, 0.1) is 5.82 Å². The number of nitrogens with one attached hydrogen (secondary N) is 1. The summed E-state index contributed by atoms with van der Waals surface area (Å²) < 4.78 is 19.8. The SMILES string of the molecule is O=C1C[C@H](c2ccccc2)O[C@]2(C1)C(=O)Nc1ccc(F)cc12. The average molecular weight is 311 g/mol. The van der Waals surface area contributed by atoms with Gasteiger partial charge >= 0.3 is 0 Å². The van der Waals surface area contributed by atoms with Gasteiger partial charge in [-0.05, 0) is 23.8 Å². The topological polar surface area (TPSA) is 55.4 Å². The number of Topliss-reactive ketones (excluding diaryl/α,β-unsaturated/α-hetero) is 1. The molecule has 1 spiro atoms. The molecule has 2 heterocycles. The molecule has 4 rings (SSSR count). The Morgan fingerprint density at radius 2 is 1.91 bits per heavy atom. The minimum absolute atomic E-state index is 0.0708. The minimum Gasteiger partial charge on any atom is -0.351 e. The Morgan fingerprint density at radius 1 is 1.13 bits per heavy atom. The van der Waals surface area contributed by atoms with Crippen LogP contribution in [-0.2, 0) is 19.9 Å². The van der Waals surface area contributed by atoms with E-state index in [4.69, 9.17) is 4.74 Å². The predicted molar refractivity (Wildman–Crippen MR) is 81.2 cm³/mol. The van der Waals surface area contributed by atoms with Gasteiger partial charge in [-0.3, -0.25) is 9.59 Å². The molecule has 23 heavy (non-hydrogen) atoms. The van der Waals surface area contributed by atoms with Crippen molar-refractivity contribution in [1.29, 1.82) is 0 Å². The van der Waals surface area contributed by atoms with Gasteiger partial charge in [0.2, 0.25) is 0 Å². The average Bonchev–Trinajstić information content (AvgIpc) is 2.80. The molecule has 2 aromatic carbocycles. The maximum absolute atomic E-state index is 13.7. The first kappa shape index (κ1) is 14.1. The van der Waals surface area contributed by atoms with Crippen LogP contribution in [0.15, 0.2) is 48.5 Å². The fraction of sp³-hybridized carbons (Fsp3) is 0.222. The van der Waals surface area contributed by atoms with E-state index < -0.39 is 23.4 Å². The van der Waals surface area contributed by atoms with E-state index in [-0.39, 0.29) is 18.6 Å². The molecule has 1 N–H and O–H groups in total. The summed E-state index contributed by atoms with van der Waals surface area (Å²) in [5.41, 5.74) is 0.291. The number of benzene rings is 2. The smallest absolute Gasteiger partial charge is 0.261 e. The van der Waals surface area contributed by atoms with E-state index in [1.807, 2.05) is 30.3 Å². The summed E-state index contributed by atoms with van der Waals surface area (Å²) >= 11 is 0. The monoisotopic (exact) mass is 311 g/mol. The lowest BCUT2D eigenvalue weighted by Crippen LogP contribution is -2.44. The van der Waals surface area contributed by atoms with Crippen molar-refractivity contribution in [2.45, 2.75) is 24.5 Å². The van der Waals surface area contributed by atoms with Gasteiger partial charge in [-0.15, -0.1) is 0 Å². The second-order valence-corrected chi connectivity index (χ2v) is 5.91. The van der Waals surface area contributed by atoms with Crippen LogP contribution in [0.2, 0.25) is 0 Å². The Balaban J connectivity index is 1.80. The highest BCUT2D eigenvalue weighted by Gasteiger charge is 2.53. The molecule has 2 atom stereocenters. The number of anilines is 1. The fourth-order valence-corrected chi connectivity index (χ4v) is 3.33. The van der Waals surface area contributed by atoms with Gasteiger partial charge in [-0.25, -0.2) is 4.39 Å². The van der Waals surface area contributed by atoms with E-state index in [0.717, 1.165) is 5.56 Å². The number of fused-ring (bicyclic) bond motifs is 2. The molecule has 0 unspecified atom stereocenters. The fourth-order valence-electron chi connectivity index (χ4n) is 3.33. The maximum Gasteiger partial charge on any atom is 0.261 e. The van der Waals surface area contributed by atoms with Crippen molar-refractivity contribution in [3.05, 3.63) is 65.5 Å². The van der Waals surface area contributed by atoms with Gasteiger partial charge in [0.05, 0.1) is 6.10 Å². The number of amides is 1. The summed E-state index contributed by atoms with van der Waals surface area (Å²) in [5.74, 6) is -0.943. The third-order valence-electron chi connectivity index (χ3n) is 4.41. The van der Waals surface area contributed by atoms with Gasteiger partial charge in [0.15, 0.2) is 5.60 Å². The lowest BCUT2D eigenvalue weighted by Gasteiger charge is -2.36. The van der Waals surface area contributed by atoms with Crippen molar-refractivity contribution >= 4 is 17.4 Å². The molecule has 116 valence electrons. The summed E-state index contributed by atoms with van der Waals surface area (Å²) in [7, 11) is 0. The van der Waals surface area contributed by atoms with Crippen molar-refractivity contribution in [2.24, 2.45) is 0 Å². The van der Waals surface area contributed by atoms with Gasteiger partial charge in [0.1, 0.15) is 11.6 Å². The van der Waals surface area contributed by atoms with Gasteiger partial charge < -0.3 is 10.1 Å². The van der Waals surface area contributed by atoms with Gasteiger partial charge in [0.25, 0.3) is 5.91 Å². The Bertz CT molecular complexity index is 805. The molecule has 1 fully saturated rings. The van der Waals surface area contributed by atoms with Crippen molar-refractivity contribution in [3.8, 4) is 0 Å². The second kappa shape index (κ2) is 4.99. The maximum atomic E-state index is 13.7. The van der Waals surface area contributed by atoms with Gasteiger partial charge in [-0.1, -0.05) is 30.3 Å². The molecule has 0 bridgehead atoms. The van der Waals surface area contributed by atoms with E-state index in [2.05, 4.69) is 5.32 Å². The van der Waals surface area contributed by atoms with E-state index in [9.17, 15) is 14.0 Å². The highest BCUT2D eigenvalue weighted by atomic mass is 19.1. The summed E-state index contributed by atoms with van der Waals surface area (Å²) in [4.78, 5) is 24.8. The molecule has 0 aromatic heterocycles. The van der Waals surface area contributed by atoms with Crippen LogP contribution in [0.1, 0.15) is 30.1 Å². The van der Waals surface area contributed by atoms with Crippen LogP contribution < -0.4 is 5.32 Å². The third kappa shape index (κ3) is 2.16. The zero-order chi connectivity index (χ0) is 16.0. The zero-order valence-electron chi connectivity index (χ0n) is 12.2. The van der Waals surface area contributed by atoms with Crippen molar-refractivity contribution < 1.29 is 18.7 Å². The van der Waals surface area contributed by atoms with Crippen LogP contribution in [0.25, 0.3) is 0 Å². The van der Waals surface area contributed by atoms with E-state index in [0.29, 0.717) is 11.3 Å². The summed E-state index contributed by atoms with van der Waals surface area (Å²) in [6.07, 6.45) is -0.375. The first-order valence-electron chi connectivity index (χ1n) is 7.44. The number of ketones is 1. The Labute approximate surface area is 132 Å². The van der Waals surface area contributed by atoms with Crippen LogP contribution in [-0.4, -0.2) is 11.7 Å².